The third kappa shape index (κ3) is 5.54. The predicted molar refractivity (Wildman–Crippen MR) is 106 cm³/mol. The number of carbonyl (C=O) groups is 1. The molecule has 0 radical (unpaired) electrons. The van der Waals surface area contributed by atoms with Crippen molar-refractivity contribution in [2.24, 2.45) is 0 Å². The van der Waals surface area contributed by atoms with Gasteiger partial charge in [0.25, 0.3) is 5.91 Å². The van der Waals surface area contributed by atoms with Crippen LogP contribution in [-0.2, 0) is 6.42 Å². The minimum atomic E-state index is -0.282. The Morgan fingerprint density at radius 2 is 1.81 bits per heavy atom. The van der Waals surface area contributed by atoms with Crippen molar-refractivity contribution in [1.82, 2.24) is 9.97 Å². The van der Waals surface area contributed by atoms with Crippen LogP contribution in [0.3, 0.4) is 0 Å². The van der Waals surface area contributed by atoms with E-state index in [2.05, 4.69) is 32.7 Å². The fourth-order valence-electron chi connectivity index (χ4n) is 2.58. The monoisotopic (exact) mass is 362 g/mol. The van der Waals surface area contributed by atoms with E-state index in [-0.39, 0.29) is 5.91 Å². The van der Waals surface area contributed by atoms with Crippen molar-refractivity contribution in [2.45, 2.75) is 12.8 Å². The van der Waals surface area contributed by atoms with Crippen LogP contribution in [0.1, 0.15) is 22.5 Å². The zero-order valence-electron chi connectivity index (χ0n) is 15.2. The summed E-state index contributed by atoms with van der Waals surface area (Å²) in [6, 6.07) is 19.0. The lowest BCUT2D eigenvalue weighted by molar-refractivity contribution is 0.102. The fraction of sp³-hybridized carbons (Fsp3) is 0.190. The van der Waals surface area contributed by atoms with Crippen LogP contribution < -0.4 is 15.4 Å². The molecule has 0 atom stereocenters. The summed E-state index contributed by atoms with van der Waals surface area (Å²) in [5, 5.41) is 5.98. The summed E-state index contributed by atoms with van der Waals surface area (Å²) < 4.78 is 5.11. The molecule has 0 aliphatic heterocycles. The highest BCUT2D eigenvalue weighted by Gasteiger charge is 2.09. The molecule has 1 heterocycles. The van der Waals surface area contributed by atoms with Crippen molar-refractivity contribution >= 4 is 17.5 Å². The molecule has 0 aliphatic rings. The van der Waals surface area contributed by atoms with Gasteiger partial charge in [0.15, 0.2) is 0 Å². The molecule has 6 heteroatoms. The number of methoxy groups -OCH3 is 1. The Morgan fingerprint density at radius 1 is 1.04 bits per heavy atom. The number of benzene rings is 2. The highest BCUT2D eigenvalue weighted by atomic mass is 16.5. The van der Waals surface area contributed by atoms with Crippen LogP contribution in [-0.4, -0.2) is 29.5 Å². The number of amides is 1. The third-order valence-electron chi connectivity index (χ3n) is 4.00. The molecule has 3 aromatic rings. The number of rotatable bonds is 8. The zero-order valence-corrected chi connectivity index (χ0v) is 15.2. The lowest BCUT2D eigenvalue weighted by atomic mass is 10.1. The highest BCUT2D eigenvalue weighted by molar-refractivity contribution is 6.02. The maximum atomic E-state index is 12.4. The number of anilines is 2. The molecule has 0 aliphatic carbocycles. The second kappa shape index (κ2) is 9.33. The topological polar surface area (TPSA) is 76.1 Å². The van der Waals surface area contributed by atoms with Crippen molar-refractivity contribution in [1.29, 1.82) is 0 Å². The van der Waals surface area contributed by atoms with Gasteiger partial charge in [0.1, 0.15) is 11.4 Å². The van der Waals surface area contributed by atoms with Gasteiger partial charge in [-0.25, -0.2) is 9.97 Å². The Hall–Kier alpha value is -3.41. The van der Waals surface area contributed by atoms with Gasteiger partial charge in [-0.3, -0.25) is 4.79 Å². The standard InChI is InChI=1S/C21H22N4O2/c1-27-18-11-9-17(10-12-18)24-20(26)19-13-15-23-21(25-19)22-14-5-8-16-6-3-2-4-7-16/h2-4,6-7,9-13,15H,5,8,14H2,1H3,(H,24,26)(H,22,23,25). The van der Waals surface area contributed by atoms with E-state index in [1.807, 2.05) is 18.2 Å². The van der Waals surface area contributed by atoms with Crippen LogP contribution in [0.5, 0.6) is 5.75 Å². The molecule has 6 nitrogen and oxygen atoms in total. The molecule has 0 unspecified atom stereocenters. The second-order valence-corrected chi connectivity index (χ2v) is 5.96. The summed E-state index contributed by atoms with van der Waals surface area (Å²) in [5.74, 6) is 0.900. The first-order valence-electron chi connectivity index (χ1n) is 8.81. The highest BCUT2D eigenvalue weighted by Crippen LogP contribution is 2.15. The number of hydrogen-bond donors (Lipinski definition) is 2. The number of aromatic nitrogens is 2. The number of carbonyl (C=O) groups excluding carboxylic acids is 1. The second-order valence-electron chi connectivity index (χ2n) is 5.96. The smallest absolute Gasteiger partial charge is 0.274 e. The Bertz CT molecular complexity index is 867. The summed E-state index contributed by atoms with van der Waals surface area (Å²) in [4.78, 5) is 20.8. The van der Waals surface area contributed by atoms with Crippen molar-refractivity contribution in [2.75, 3.05) is 24.3 Å². The summed E-state index contributed by atoms with van der Waals surface area (Å²) in [5.41, 5.74) is 2.29. The molecule has 2 aromatic carbocycles. The summed E-state index contributed by atoms with van der Waals surface area (Å²) >= 11 is 0. The minimum absolute atomic E-state index is 0.282. The molecule has 0 saturated carbocycles. The number of nitrogens with zero attached hydrogens (tertiary/aromatic N) is 2. The molecule has 1 aromatic heterocycles. The van der Waals surface area contributed by atoms with E-state index in [9.17, 15) is 4.79 Å². The van der Waals surface area contributed by atoms with Crippen LogP contribution in [0.2, 0.25) is 0 Å². The van der Waals surface area contributed by atoms with Crippen LogP contribution in [0.15, 0.2) is 66.9 Å². The van der Waals surface area contributed by atoms with Crippen molar-refractivity contribution in [3.8, 4) is 5.75 Å². The summed E-state index contributed by atoms with van der Waals surface area (Å²) in [6.07, 6.45) is 3.51. The molecule has 27 heavy (non-hydrogen) atoms. The van der Waals surface area contributed by atoms with Crippen LogP contribution in [0.25, 0.3) is 0 Å². The van der Waals surface area contributed by atoms with Crippen molar-refractivity contribution < 1.29 is 9.53 Å². The quantitative estimate of drug-likeness (QED) is 0.597. The predicted octanol–water partition coefficient (Wildman–Crippen LogP) is 3.78. The molecule has 0 spiro atoms. The van der Waals surface area contributed by atoms with Gasteiger partial charge in [-0.05, 0) is 48.7 Å². The normalized spacial score (nSPS) is 10.3. The van der Waals surface area contributed by atoms with E-state index >= 15 is 0 Å². The average Bonchev–Trinajstić information content (AvgIpc) is 2.73. The first-order chi connectivity index (χ1) is 13.2. The molecular formula is C21H22N4O2. The number of nitrogens with one attached hydrogen (secondary N) is 2. The van der Waals surface area contributed by atoms with Gasteiger partial charge >= 0.3 is 0 Å². The number of hydrogen-bond acceptors (Lipinski definition) is 5. The molecule has 3 rings (SSSR count). The Kier molecular flexibility index (Phi) is 6.35. The van der Waals surface area contributed by atoms with Gasteiger partial charge in [0.2, 0.25) is 5.95 Å². The molecule has 0 bridgehead atoms. The van der Waals surface area contributed by atoms with Crippen LogP contribution >= 0.6 is 0 Å². The molecule has 0 fully saturated rings. The van der Waals surface area contributed by atoms with Crippen LogP contribution in [0, 0.1) is 0 Å². The maximum Gasteiger partial charge on any atom is 0.274 e. The van der Waals surface area contributed by atoms with Gasteiger partial charge in [-0.1, -0.05) is 30.3 Å². The summed E-state index contributed by atoms with van der Waals surface area (Å²) in [7, 11) is 1.60. The van der Waals surface area contributed by atoms with Crippen molar-refractivity contribution in [3.63, 3.8) is 0 Å². The molecular weight excluding hydrogens is 340 g/mol. The van der Waals surface area contributed by atoms with Gasteiger partial charge < -0.3 is 15.4 Å². The molecule has 138 valence electrons. The van der Waals surface area contributed by atoms with E-state index < -0.39 is 0 Å². The molecule has 0 saturated heterocycles. The zero-order chi connectivity index (χ0) is 18.9. The van der Waals surface area contributed by atoms with Gasteiger partial charge in [-0.15, -0.1) is 0 Å². The Balaban J connectivity index is 1.52. The van der Waals surface area contributed by atoms with Gasteiger partial charge in [0, 0.05) is 18.4 Å². The fourth-order valence-corrected chi connectivity index (χ4v) is 2.58. The van der Waals surface area contributed by atoms with E-state index in [0.29, 0.717) is 17.3 Å². The molecule has 2 N–H and O–H groups in total. The average molecular weight is 362 g/mol. The first kappa shape index (κ1) is 18.4. The lowest BCUT2D eigenvalue weighted by Gasteiger charge is -2.08. The Morgan fingerprint density at radius 3 is 2.56 bits per heavy atom. The van der Waals surface area contributed by atoms with E-state index in [1.165, 1.54) is 5.56 Å². The number of aryl methyl sites for hydroxylation is 1. The third-order valence-corrected chi connectivity index (χ3v) is 4.00. The van der Waals surface area contributed by atoms with Gasteiger partial charge in [-0.2, -0.15) is 0 Å². The van der Waals surface area contributed by atoms with Crippen molar-refractivity contribution in [3.05, 3.63) is 78.1 Å². The van der Waals surface area contributed by atoms with E-state index in [4.69, 9.17) is 4.74 Å². The number of ether oxygens (including phenoxy) is 1. The van der Waals surface area contributed by atoms with E-state index in [1.54, 1.807) is 43.6 Å². The van der Waals surface area contributed by atoms with Crippen LogP contribution in [0.4, 0.5) is 11.6 Å². The summed E-state index contributed by atoms with van der Waals surface area (Å²) in [6.45, 7) is 0.735. The largest absolute Gasteiger partial charge is 0.497 e. The Labute approximate surface area is 158 Å². The minimum Gasteiger partial charge on any atom is -0.497 e. The van der Waals surface area contributed by atoms with E-state index in [0.717, 1.165) is 25.1 Å². The lowest BCUT2D eigenvalue weighted by Crippen LogP contribution is -2.15. The first-order valence-corrected chi connectivity index (χ1v) is 8.81. The maximum absolute atomic E-state index is 12.4. The SMILES string of the molecule is COc1ccc(NC(=O)c2ccnc(NCCCc3ccccc3)n2)cc1. The molecule has 1 amide bonds. The van der Waals surface area contributed by atoms with Gasteiger partial charge in [0.05, 0.1) is 7.11 Å².